The lowest BCUT2D eigenvalue weighted by atomic mass is 10.0. The first-order chi connectivity index (χ1) is 10.5. The van der Waals surface area contributed by atoms with Crippen LogP contribution in [0.5, 0.6) is 0 Å². The van der Waals surface area contributed by atoms with Crippen LogP contribution in [0.25, 0.3) is 10.9 Å². The SMILES string of the molecule is CCCNC(=S)NCCc1cc2c(C)ccc(C)c2[nH]c1=O. The maximum Gasteiger partial charge on any atom is 0.251 e. The second-order valence-corrected chi connectivity index (χ2v) is 5.95. The summed E-state index contributed by atoms with van der Waals surface area (Å²) in [6.45, 7) is 7.67. The summed E-state index contributed by atoms with van der Waals surface area (Å²) < 4.78 is 0. The molecule has 0 amide bonds. The highest BCUT2D eigenvalue weighted by Gasteiger charge is 2.07. The highest BCUT2D eigenvalue weighted by Crippen LogP contribution is 2.19. The van der Waals surface area contributed by atoms with Gasteiger partial charge in [0.25, 0.3) is 5.56 Å². The van der Waals surface area contributed by atoms with E-state index in [0.717, 1.165) is 35.0 Å². The normalized spacial score (nSPS) is 10.7. The van der Waals surface area contributed by atoms with Crippen molar-refractivity contribution < 1.29 is 0 Å². The number of aromatic nitrogens is 1. The molecule has 3 N–H and O–H groups in total. The number of hydrogen-bond donors (Lipinski definition) is 3. The van der Waals surface area contributed by atoms with Crippen LogP contribution in [0.2, 0.25) is 0 Å². The molecule has 0 aliphatic heterocycles. The summed E-state index contributed by atoms with van der Waals surface area (Å²) in [4.78, 5) is 15.2. The third kappa shape index (κ3) is 3.85. The predicted octanol–water partition coefficient (Wildman–Crippen LogP) is 2.56. The van der Waals surface area contributed by atoms with Gasteiger partial charge >= 0.3 is 0 Å². The van der Waals surface area contributed by atoms with Crippen molar-refractivity contribution in [2.75, 3.05) is 13.1 Å². The van der Waals surface area contributed by atoms with Gasteiger partial charge in [0, 0.05) is 24.0 Å². The number of fused-ring (bicyclic) bond motifs is 1. The van der Waals surface area contributed by atoms with Gasteiger partial charge in [-0.05, 0) is 56.1 Å². The van der Waals surface area contributed by atoms with Gasteiger partial charge in [0.15, 0.2) is 5.11 Å². The van der Waals surface area contributed by atoms with E-state index in [9.17, 15) is 4.79 Å². The van der Waals surface area contributed by atoms with E-state index < -0.39 is 0 Å². The molecule has 0 unspecified atom stereocenters. The monoisotopic (exact) mass is 317 g/mol. The minimum atomic E-state index is -0.0181. The molecule has 2 aromatic rings. The molecule has 0 spiro atoms. The van der Waals surface area contributed by atoms with Crippen molar-refractivity contribution >= 4 is 28.2 Å². The summed E-state index contributed by atoms with van der Waals surface area (Å²) in [5.74, 6) is 0. The summed E-state index contributed by atoms with van der Waals surface area (Å²) in [6.07, 6.45) is 1.68. The zero-order valence-electron chi connectivity index (χ0n) is 13.4. The molecule has 0 aliphatic carbocycles. The van der Waals surface area contributed by atoms with Gasteiger partial charge in [0.2, 0.25) is 0 Å². The molecule has 2 rings (SSSR count). The molecule has 0 radical (unpaired) electrons. The number of hydrogen-bond acceptors (Lipinski definition) is 2. The number of rotatable bonds is 5. The summed E-state index contributed by atoms with van der Waals surface area (Å²) in [5, 5.41) is 8.01. The molecule has 5 heteroatoms. The van der Waals surface area contributed by atoms with Gasteiger partial charge in [-0.1, -0.05) is 19.1 Å². The first-order valence-corrected chi connectivity index (χ1v) is 8.07. The van der Waals surface area contributed by atoms with Gasteiger partial charge in [-0.2, -0.15) is 0 Å². The Kier molecular flexibility index (Phi) is 5.55. The van der Waals surface area contributed by atoms with Crippen molar-refractivity contribution in [2.24, 2.45) is 0 Å². The number of aromatic amines is 1. The minimum Gasteiger partial charge on any atom is -0.363 e. The van der Waals surface area contributed by atoms with E-state index in [1.165, 1.54) is 5.56 Å². The Balaban J connectivity index is 2.12. The Morgan fingerprint density at radius 2 is 1.86 bits per heavy atom. The van der Waals surface area contributed by atoms with Crippen molar-refractivity contribution in [2.45, 2.75) is 33.6 Å². The fraction of sp³-hybridized carbons (Fsp3) is 0.412. The zero-order chi connectivity index (χ0) is 16.1. The molecule has 0 saturated heterocycles. The van der Waals surface area contributed by atoms with Crippen molar-refractivity contribution in [3.8, 4) is 0 Å². The van der Waals surface area contributed by atoms with Crippen LogP contribution in [0.15, 0.2) is 23.0 Å². The van der Waals surface area contributed by atoms with Crippen molar-refractivity contribution in [3.05, 3.63) is 45.2 Å². The molecule has 1 aromatic heterocycles. The van der Waals surface area contributed by atoms with Crippen LogP contribution in [-0.4, -0.2) is 23.2 Å². The number of thiocarbonyl (C=S) groups is 1. The molecule has 118 valence electrons. The number of aryl methyl sites for hydroxylation is 2. The molecule has 0 aliphatic rings. The Morgan fingerprint density at radius 1 is 1.18 bits per heavy atom. The van der Waals surface area contributed by atoms with E-state index in [1.807, 2.05) is 19.1 Å². The number of pyridine rings is 1. The number of H-pyrrole nitrogens is 1. The van der Waals surface area contributed by atoms with Gasteiger partial charge in [0.05, 0.1) is 5.52 Å². The molecule has 1 heterocycles. The largest absolute Gasteiger partial charge is 0.363 e. The molecule has 4 nitrogen and oxygen atoms in total. The van der Waals surface area contributed by atoms with Crippen molar-refractivity contribution in [3.63, 3.8) is 0 Å². The van der Waals surface area contributed by atoms with Crippen molar-refractivity contribution in [1.29, 1.82) is 0 Å². The van der Waals surface area contributed by atoms with Crippen LogP contribution >= 0.6 is 12.2 Å². The van der Waals surface area contributed by atoms with E-state index >= 15 is 0 Å². The van der Waals surface area contributed by atoms with E-state index in [2.05, 4.69) is 35.5 Å². The Morgan fingerprint density at radius 3 is 2.59 bits per heavy atom. The van der Waals surface area contributed by atoms with Gasteiger partial charge < -0.3 is 15.6 Å². The summed E-state index contributed by atoms with van der Waals surface area (Å²) >= 11 is 5.17. The van der Waals surface area contributed by atoms with E-state index in [4.69, 9.17) is 12.2 Å². The molecule has 1 aromatic carbocycles. The second-order valence-electron chi connectivity index (χ2n) is 5.54. The van der Waals surface area contributed by atoms with Crippen LogP contribution in [-0.2, 0) is 6.42 Å². The molecular formula is C17H23N3OS. The summed E-state index contributed by atoms with van der Waals surface area (Å²) in [7, 11) is 0. The Hall–Kier alpha value is -1.88. The van der Waals surface area contributed by atoms with Crippen LogP contribution in [0.4, 0.5) is 0 Å². The van der Waals surface area contributed by atoms with Gasteiger partial charge in [-0.15, -0.1) is 0 Å². The summed E-state index contributed by atoms with van der Waals surface area (Å²) in [6, 6.07) is 6.12. The van der Waals surface area contributed by atoms with Crippen LogP contribution in [0, 0.1) is 13.8 Å². The van der Waals surface area contributed by atoms with Crippen LogP contribution < -0.4 is 16.2 Å². The Bertz CT molecular complexity index is 736. The standard InChI is InChI=1S/C17H23N3OS/c1-4-8-18-17(22)19-9-7-13-10-14-11(2)5-6-12(3)15(14)20-16(13)21/h5-6,10H,4,7-9H2,1-3H3,(H,20,21)(H2,18,19,22). The molecule has 0 saturated carbocycles. The average molecular weight is 317 g/mol. The first-order valence-electron chi connectivity index (χ1n) is 7.66. The number of benzene rings is 1. The molecule has 0 atom stereocenters. The van der Waals surface area contributed by atoms with Gasteiger partial charge in [0.1, 0.15) is 0 Å². The fourth-order valence-corrected chi connectivity index (χ4v) is 2.62. The quantitative estimate of drug-likeness (QED) is 0.742. The average Bonchev–Trinajstić information content (AvgIpc) is 2.50. The van der Waals surface area contributed by atoms with Gasteiger partial charge in [-0.25, -0.2) is 0 Å². The number of nitrogens with one attached hydrogen (secondary N) is 3. The molecular weight excluding hydrogens is 294 g/mol. The van der Waals surface area contributed by atoms with Crippen molar-refractivity contribution in [1.82, 2.24) is 15.6 Å². The molecule has 0 bridgehead atoms. The maximum absolute atomic E-state index is 12.2. The predicted molar refractivity (Wildman–Crippen MR) is 96.6 cm³/mol. The maximum atomic E-state index is 12.2. The van der Waals surface area contributed by atoms with Crippen LogP contribution in [0.3, 0.4) is 0 Å². The van der Waals surface area contributed by atoms with Crippen LogP contribution in [0.1, 0.15) is 30.0 Å². The minimum absolute atomic E-state index is 0.0181. The van der Waals surface area contributed by atoms with E-state index in [0.29, 0.717) is 18.1 Å². The highest BCUT2D eigenvalue weighted by atomic mass is 32.1. The topological polar surface area (TPSA) is 56.9 Å². The highest BCUT2D eigenvalue weighted by molar-refractivity contribution is 7.80. The summed E-state index contributed by atoms with van der Waals surface area (Å²) in [5.41, 5.74) is 3.96. The first kappa shape index (κ1) is 16.5. The van der Waals surface area contributed by atoms with Gasteiger partial charge in [-0.3, -0.25) is 4.79 Å². The Labute approximate surface area is 136 Å². The molecule has 0 fully saturated rings. The lowest BCUT2D eigenvalue weighted by Crippen LogP contribution is -2.37. The lowest BCUT2D eigenvalue weighted by molar-refractivity contribution is 0.788. The third-order valence-electron chi connectivity index (χ3n) is 3.74. The lowest BCUT2D eigenvalue weighted by Gasteiger charge is -2.11. The fourth-order valence-electron chi connectivity index (χ4n) is 2.42. The van der Waals surface area contributed by atoms with E-state index in [-0.39, 0.29) is 5.56 Å². The smallest absolute Gasteiger partial charge is 0.251 e. The zero-order valence-corrected chi connectivity index (χ0v) is 14.2. The van der Waals surface area contributed by atoms with E-state index in [1.54, 1.807) is 0 Å². The molecule has 22 heavy (non-hydrogen) atoms. The second kappa shape index (κ2) is 7.40. The third-order valence-corrected chi connectivity index (χ3v) is 4.02.